The van der Waals surface area contributed by atoms with Crippen molar-refractivity contribution in [1.29, 1.82) is 0 Å². The molecule has 0 bridgehead atoms. The molecule has 0 aromatic rings. The van der Waals surface area contributed by atoms with Gasteiger partial charge in [0.15, 0.2) is 0 Å². The SMILES string of the molecule is CCCC(C)NF. The lowest BCUT2D eigenvalue weighted by molar-refractivity contribution is 0.272. The number of nitrogens with one attached hydrogen (secondary N) is 1. The van der Waals surface area contributed by atoms with Crippen LogP contribution in [-0.4, -0.2) is 6.04 Å². The minimum Gasteiger partial charge on any atom is -0.157 e. The van der Waals surface area contributed by atoms with Crippen LogP contribution >= 0.6 is 0 Å². The van der Waals surface area contributed by atoms with Gasteiger partial charge < -0.3 is 0 Å². The van der Waals surface area contributed by atoms with Gasteiger partial charge in [-0.15, -0.1) is 4.48 Å². The van der Waals surface area contributed by atoms with Crippen LogP contribution in [0.2, 0.25) is 0 Å². The van der Waals surface area contributed by atoms with Crippen molar-refractivity contribution in [2.45, 2.75) is 32.7 Å². The van der Waals surface area contributed by atoms with Gasteiger partial charge >= 0.3 is 0 Å². The summed E-state index contributed by atoms with van der Waals surface area (Å²) in [4.78, 5) is 0. The molecule has 0 spiro atoms. The molecule has 1 N–H and O–H groups in total. The van der Waals surface area contributed by atoms with Crippen molar-refractivity contribution >= 4 is 0 Å². The Kier molecular flexibility index (Phi) is 4.00. The van der Waals surface area contributed by atoms with Gasteiger partial charge in [0.05, 0.1) is 0 Å². The lowest BCUT2D eigenvalue weighted by Gasteiger charge is -2.01. The molecule has 7 heavy (non-hydrogen) atoms. The van der Waals surface area contributed by atoms with Gasteiger partial charge in [-0.2, -0.15) is 5.54 Å². The third kappa shape index (κ3) is 3.73. The average Bonchev–Trinajstić information content (AvgIpc) is 1.68. The van der Waals surface area contributed by atoms with E-state index in [1.165, 1.54) is 0 Å². The van der Waals surface area contributed by atoms with Crippen LogP contribution in [0.5, 0.6) is 0 Å². The van der Waals surface area contributed by atoms with Crippen LogP contribution in [0, 0.1) is 0 Å². The van der Waals surface area contributed by atoms with Crippen LogP contribution in [0.3, 0.4) is 0 Å². The summed E-state index contributed by atoms with van der Waals surface area (Å²) in [6.07, 6.45) is 1.95. The summed E-state index contributed by atoms with van der Waals surface area (Å²) >= 11 is 0. The van der Waals surface area contributed by atoms with Crippen LogP contribution < -0.4 is 5.54 Å². The molecule has 1 atom stereocenters. The Morgan fingerprint density at radius 1 is 1.71 bits per heavy atom. The standard InChI is InChI=1S/C5H12FN/c1-3-4-5(2)7-6/h5,7H,3-4H2,1-2H3. The van der Waals surface area contributed by atoms with Gasteiger partial charge in [-0.3, -0.25) is 0 Å². The summed E-state index contributed by atoms with van der Waals surface area (Å²) in [6.45, 7) is 3.86. The van der Waals surface area contributed by atoms with Crippen molar-refractivity contribution in [3.05, 3.63) is 0 Å². The zero-order valence-electron chi connectivity index (χ0n) is 4.87. The second kappa shape index (κ2) is 4.06. The first-order chi connectivity index (χ1) is 3.31. The fourth-order valence-electron chi connectivity index (χ4n) is 0.488. The molecule has 0 aliphatic carbocycles. The first-order valence-electron chi connectivity index (χ1n) is 2.67. The normalized spacial score (nSPS) is 14.1. The largest absolute Gasteiger partial charge is 0.157 e. The third-order valence-corrected chi connectivity index (χ3v) is 0.908. The van der Waals surface area contributed by atoms with Gasteiger partial charge in [-0.05, 0) is 13.3 Å². The molecule has 0 heterocycles. The molecule has 1 unspecified atom stereocenters. The van der Waals surface area contributed by atoms with Crippen molar-refractivity contribution < 1.29 is 4.48 Å². The van der Waals surface area contributed by atoms with Crippen LogP contribution in [0.25, 0.3) is 0 Å². The molecule has 44 valence electrons. The van der Waals surface area contributed by atoms with Gasteiger partial charge in [0.1, 0.15) is 0 Å². The monoisotopic (exact) mass is 105 g/mol. The highest BCUT2D eigenvalue weighted by Crippen LogP contribution is 1.92. The zero-order chi connectivity index (χ0) is 5.70. The van der Waals surface area contributed by atoms with E-state index in [1.54, 1.807) is 5.54 Å². The minimum absolute atomic E-state index is 0.0324. The first kappa shape index (κ1) is 6.89. The Labute approximate surface area is 43.8 Å². The van der Waals surface area contributed by atoms with Crippen LogP contribution in [0.1, 0.15) is 26.7 Å². The Morgan fingerprint density at radius 3 is 2.43 bits per heavy atom. The molecule has 0 saturated heterocycles. The highest BCUT2D eigenvalue weighted by atomic mass is 19.2. The van der Waals surface area contributed by atoms with E-state index >= 15 is 0 Å². The maximum absolute atomic E-state index is 11.3. The molecule has 0 amide bonds. The predicted octanol–water partition coefficient (Wildman–Crippen LogP) is 1.65. The fraction of sp³-hybridized carbons (Fsp3) is 1.00. The second-order valence-corrected chi connectivity index (χ2v) is 1.80. The topological polar surface area (TPSA) is 12.0 Å². The van der Waals surface area contributed by atoms with Crippen LogP contribution in [0.15, 0.2) is 0 Å². The summed E-state index contributed by atoms with van der Waals surface area (Å²) in [6, 6.07) is 0.0324. The molecule has 0 fully saturated rings. The van der Waals surface area contributed by atoms with E-state index < -0.39 is 0 Å². The van der Waals surface area contributed by atoms with E-state index in [-0.39, 0.29) is 6.04 Å². The third-order valence-electron chi connectivity index (χ3n) is 0.908. The molecule has 0 aromatic carbocycles. The van der Waals surface area contributed by atoms with Crippen LogP contribution in [-0.2, 0) is 0 Å². The quantitative estimate of drug-likeness (QED) is 0.538. The molecular formula is C5H12FN. The van der Waals surface area contributed by atoms with Crippen molar-refractivity contribution in [3.8, 4) is 0 Å². The zero-order valence-corrected chi connectivity index (χ0v) is 4.87. The lowest BCUT2D eigenvalue weighted by Crippen LogP contribution is -2.15. The molecule has 0 saturated carbocycles. The first-order valence-corrected chi connectivity index (χ1v) is 2.67. The Morgan fingerprint density at radius 2 is 2.29 bits per heavy atom. The average molecular weight is 105 g/mol. The van der Waals surface area contributed by atoms with E-state index in [1.807, 2.05) is 13.8 Å². The van der Waals surface area contributed by atoms with E-state index in [0.717, 1.165) is 12.8 Å². The maximum Gasteiger partial charge on any atom is 0.0343 e. The van der Waals surface area contributed by atoms with Crippen molar-refractivity contribution in [2.75, 3.05) is 0 Å². The molecule has 1 nitrogen and oxygen atoms in total. The van der Waals surface area contributed by atoms with Crippen molar-refractivity contribution in [2.24, 2.45) is 0 Å². The molecule has 0 rings (SSSR count). The van der Waals surface area contributed by atoms with E-state index in [2.05, 4.69) is 0 Å². The lowest BCUT2D eigenvalue weighted by atomic mass is 10.2. The second-order valence-electron chi connectivity index (χ2n) is 1.80. The van der Waals surface area contributed by atoms with E-state index in [9.17, 15) is 4.48 Å². The molecule has 0 radical (unpaired) electrons. The summed E-state index contributed by atoms with van der Waals surface area (Å²) in [5.41, 5.74) is 1.67. The minimum atomic E-state index is 0.0324. The summed E-state index contributed by atoms with van der Waals surface area (Å²) < 4.78 is 11.3. The number of rotatable bonds is 3. The Balaban J connectivity index is 2.83. The number of halogens is 1. The van der Waals surface area contributed by atoms with Gasteiger partial charge in [0.25, 0.3) is 0 Å². The highest BCUT2D eigenvalue weighted by Gasteiger charge is 1.94. The number of hydrogen-bond acceptors (Lipinski definition) is 1. The maximum atomic E-state index is 11.3. The van der Waals surface area contributed by atoms with E-state index in [0.29, 0.717) is 0 Å². The molecule has 0 aromatic heterocycles. The summed E-state index contributed by atoms with van der Waals surface area (Å²) in [7, 11) is 0. The Hall–Kier alpha value is -0.110. The highest BCUT2D eigenvalue weighted by molar-refractivity contribution is 4.49. The predicted molar refractivity (Wildman–Crippen MR) is 28.6 cm³/mol. The summed E-state index contributed by atoms with van der Waals surface area (Å²) in [5, 5.41) is 0. The number of hydrogen-bond donors (Lipinski definition) is 1. The summed E-state index contributed by atoms with van der Waals surface area (Å²) in [5.74, 6) is 0. The smallest absolute Gasteiger partial charge is 0.0343 e. The fourth-order valence-corrected chi connectivity index (χ4v) is 0.488. The van der Waals surface area contributed by atoms with Gasteiger partial charge in [-0.1, -0.05) is 13.3 Å². The molecule has 0 aliphatic rings. The van der Waals surface area contributed by atoms with Crippen molar-refractivity contribution in [1.82, 2.24) is 5.54 Å². The molecular weight excluding hydrogens is 93.1 g/mol. The Bertz CT molecular complexity index is 39.1. The van der Waals surface area contributed by atoms with Gasteiger partial charge in [0.2, 0.25) is 0 Å². The van der Waals surface area contributed by atoms with Crippen molar-refractivity contribution in [3.63, 3.8) is 0 Å². The molecule has 2 heteroatoms. The van der Waals surface area contributed by atoms with Crippen LogP contribution in [0.4, 0.5) is 4.48 Å². The molecule has 0 aliphatic heterocycles. The van der Waals surface area contributed by atoms with Gasteiger partial charge in [0, 0.05) is 6.04 Å². The van der Waals surface area contributed by atoms with Gasteiger partial charge in [-0.25, -0.2) is 0 Å². The van der Waals surface area contributed by atoms with E-state index in [4.69, 9.17) is 0 Å².